The molecule has 0 radical (unpaired) electrons. The number of rotatable bonds is 8. The molecule has 2 amide bonds. The Morgan fingerprint density at radius 2 is 1.71 bits per heavy atom. The first kappa shape index (κ1) is 19.3. The molecule has 9 heteroatoms. The highest BCUT2D eigenvalue weighted by molar-refractivity contribution is 6.23. The van der Waals surface area contributed by atoms with Crippen molar-refractivity contribution in [2.75, 3.05) is 19.8 Å². The molecule has 1 aliphatic heterocycles. The van der Waals surface area contributed by atoms with Gasteiger partial charge in [0.15, 0.2) is 0 Å². The van der Waals surface area contributed by atoms with Gasteiger partial charge in [0.05, 0.1) is 23.6 Å². The number of nitro groups is 1. The second-order valence-electron chi connectivity index (χ2n) is 6.05. The molecule has 1 heterocycles. The van der Waals surface area contributed by atoms with Crippen LogP contribution in [0.2, 0.25) is 0 Å². The Bertz CT molecular complexity index is 911. The van der Waals surface area contributed by atoms with Gasteiger partial charge in [-0.1, -0.05) is 6.07 Å². The molecule has 0 aromatic heterocycles. The Balaban J connectivity index is 1.63. The van der Waals surface area contributed by atoms with E-state index in [2.05, 4.69) is 0 Å². The molecule has 0 saturated heterocycles. The van der Waals surface area contributed by atoms with Gasteiger partial charge >= 0.3 is 0 Å². The van der Waals surface area contributed by atoms with Crippen LogP contribution in [0, 0.1) is 10.1 Å². The van der Waals surface area contributed by atoms with E-state index in [-0.39, 0.29) is 24.3 Å². The topological polar surface area (TPSA) is 119 Å². The number of nitrogens with zero attached hydrogens (tertiary/aromatic N) is 2. The van der Waals surface area contributed by atoms with E-state index in [0.29, 0.717) is 18.1 Å². The summed E-state index contributed by atoms with van der Waals surface area (Å²) in [5.74, 6) is -0.306. The van der Waals surface area contributed by atoms with Gasteiger partial charge in [-0.2, -0.15) is 0 Å². The average Bonchev–Trinajstić information content (AvgIpc) is 2.92. The molecular formula is C19H18N2O7. The van der Waals surface area contributed by atoms with Crippen molar-refractivity contribution in [3.05, 3.63) is 63.7 Å². The van der Waals surface area contributed by atoms with Gasteiger partial charge in [-0.25, -0.2) is 0 Å². The summed E-state index contributed by atoms with van der Waals surface area (Å²) < 4.78 is 10.8. The number of hydrogen-bond donors (Lipinski definition) is 1. The second-order valence-corrected chi connectivity index (χ2v) is 6.05. The smallest absolute Gasteiger partial charge is 0.282 e. The molecule has 9 nitrogen and oxygen atoms in total. The fraction of sp³-hybridized carbons (Fsp3) is 0.263. The van der Waals surface area contributed by atoms with E-state index >= 15 is 0 Å². The Hall–Kier alpha value is -3.46. The monoisotopic (exact) mass is 386 g/mol. The Morgan fingerprint density at radius 3 is 2.32 bits per heavy atom. The SMILES string of the molecule is CCOc1ccc(OC[C@H](O)CN2C(=O)c3cccc([N+](=O)[O-])c3C2=O)cc1. The highest BCUT2D eigenvalue weighted by Crippen LogP contribution is 2.30. The van der Waals surface area contributed by atoms with Crippen molar-refractivity contribution in [2.45, 2.75) is 13.0 Å². The van der Waals surface area contributed by atoms with E-state index < -0.39 is 28.5 Å². The minimum atomic E-state index is -1.16. The van der Waals surface area contributed by atoms with Crippen molar-refractivity contribution in [3.8, 4) is 11.5 Å². The molecule has 0 fully saturated rings. The number of benzene rings is 2. The van der Waals surface area contributed by atoms with Gasteiger partial charge in [0.1, 0.15) is 29.8 Å². The Kier molecular flexibility index (Phi) is 5.55. The predicted octanol–water partition coefficient (Wildman–Crippen LogP) is 2.03. The molecule has 0 saturated carbocycles. The van der Waals surface area contributed by atoms with Gasteiger partial charge in [0.25, 0.3) is 17.5 Å². The number of hydrogen-bond acceptors (Lipinski definition) is 7. The number of nitro benzene ring substituents is 1. The van der Waals surface area contributed by atoms with Crippen LogP contribution >= 0.6 is 0 Å². The van der Waals surface area contributed by atoms with Crippen molar-refractivity contribution in [3.63, 3.8) is 0 Å². The maximum atomic E-state index is 12.5. The lowest BCUT2D eigenvalue weighted by Crippen LogP contribution is -2.39. The summed E-state index contributed by atoms with van der Waals surface area (Å²) in [6.45, 7) is 1.91. The summed E-state index contributed by atoms with van der Waals surface area (Å²) >= 11 is 0. The van der Waals surface area contributed by atoms with Gasteiger partial charge < -0.3 is 14.6 Å². The van der Waals surface area contributed by atoms with Gasteiger partial charge in [0.2, 0.25) is 0 Å². The lowest BCUT2D eigenvalue weighted by atomic mass is 10.1. The maximum Gasteiger partial charge on any atom is 0.282 e. The lowest BCUT2D eigenvalue weighted by Gasteiger charge is -2.18. The van der Waals surface area contributed by atoms with Crippen LogP contribution in [0.4, 0.5) is 5.69 Å². The molecule has 0 aliphatic carbocycles. The molecule has 28 heavy (non-hydrogen) atoms. The molecule has 0 bridgehead atoms. The van der Waals surface area contributed by atoms with Crippen LogP contribution in [0.1, 0.15) is 27.6 Å². The van der Waals surface area contributed by atoms with E-state index in [4.69, 9.17) is 9.47 Å². The first-order chi connectivity index (χ1) is 13.4. The van der Waals surface area contributed by atoms with Gasteiger partial charge in [-0.15, -0.1) is 0 Å². The molecule has 1 atom stereocenters. The summed E-state index contributed by atoms with van der Waals surface area (Å²) in [7, 11) is 0. The normalized spacial score (nSPS) is 14.0. The third kappa shape index (κ3) is 3.79. The van der Waals surface area contributed by atoms with Crippen LogP contribution in [0.15, 0.2) is 42.5 Å². The number of aliphatic hydroxyl groups is 1. The van der Waals surface area contributed by atoms with Crippen molar-refractivity contribution in [2.24, 2.45) is 0 Å². The largest absolute Gasteiger partial charge is 0.494 e. The zero-order valence-electron chi connectivity index (χ0n) is 15.0. The summed E-state index contributed by atoms with van der Waals surface area (Å²) in [4.78, 5) is 36.1. The quantitative estimate of drug-likeness (QED) is 0.419. The van der Waals surface area contributed by atoms with Crippen molar-refractivity contribution < 1.29 is 29.1 Å². The number of β-amino-alcohol motifs (C(OH)–C–C–N with tert-alkyl or cyclic N) is 1. The maximum absolute atomic E-state index is 12.5. The first-order valence-corrected chi connectivity index (χ1v) is 8.59. The first-order valence-electron chi connectivity index (χ1n) is 8.59. The predicted molar refractivity (Wildman–Crippen MR) is 97.6 cm³/mol. The number of ether oxygens (including phenoxy) is 2. The highest BCUT2D eigenvalue weighted by Gasteiger charge is 2.41. The third-order valence-electron chi connectivity index (χ3n) is 4.14. The van der Waals surface area contributed by atoms with Gasteiger partial charge in [0, 0.05) is 6.07 Å². The zero-order chi connectivity index (χ0) is 20.3. The molecule has 1 N–H and O–H groups in total. The zero-order valence-corrected chi connectivity index (χ0v) is 15.0. The van der Waals surface area contributed by atoms with E-state index in [1.54, 1.807) is 24.3 Å². The number of imide groups is 1. The number of carbonyl (C=O) groups is 2. The molecule has 1 aliphatic rings. The number of aliphatic hydroxyl groups excluding tert-OH is 1. The van der Waals surface area contributed by atoms with E-state index in [9.17, 15) is 24.8 Å². The van der Waals surface area contributed by atoms with Crippen LogP contribution < -0.4 is 9.47 Å². The van der Waals surface area contributed by atoms with Crippen LogP contribution in [-0.2, 0) is 0 Å². The summed E-state index contributed by atoms with van der Waals surface area (Å²) in [5.41, 5.74) is -0.727. The molecule has 0 unspecified atom stereocenters. The molecule has 0 spiro atoms. The van der Waals surface area contributed by atoms with Gasteiger partial charge in [-0.3, -0.25) is 24.6 Å². The Morgan fingerprint density at radius 1 is 1.07 bits per heavy atom. The lowest BCUT2D eigenvalue weighted by molar-refractivity contribution is -0.385. The fourth-order valence-corrected chi connectivity index (χ4v) is 2.89. The highest BCUT2D eigenvalue weighted by atomic mass is 16.6. The Labute approximate surface area is 160 Å². The fourth-order valence-electron chi connectivity index (χ4n) is 2.89. The van der Waals surface area contributed by atoms with Crippen LogP contribution in [0.3, 0.4) is 0 Å². The second kappa shape index (κ2) is 8.05. The number of carbonyl (C=O) groups excluding carboxylic acids is 2. The van der Waals surface area contributed by atoms with Crippen molar-refractivity contribution >= 4 is 17.5 Å². The van der Waals surface area contributed by atoms with E-state index in [0.717, 1.165) is 4.90 Å². The number of fused-ring (bicyclic) bond motifs is 1. The van der Waals surface area contributed by atoms with Crippen LogP contribution in [0.5, 0.6) is 11.5 Å². The van der Waals surface area contributed by atoms with Crippen molar-refractivity contribution in [1.29, 1.82) is 0 Å². The summed E-state index contributed by atoms with van der Waals surface area (Å²) in [5, 5.41) is 21.3. The van der Waals surface area contributed by atoms with Crippen LogP contribution in [0.25, 0.3) is 0 Å². The van der Waals surface area contributed by atoms with Crippen molar-refractivity contribution in [1.82, 2.24) is 4.90 Å². The molecule has 3 rings (SSSR count). The van der Waals surface area contributed by atoms with Gasteiger partial charge in [-0.05, 0) is 37.3 Å². The number of amides is 2. The third-order valence-corrected chi connectivity index (χ3v) is 4.14. The molecule has 146 valence electrons. The molecular weight excluding hydrogens is 368 g/mol. The molecule has 2 aromatic carbocycles. The van der Waals surface area contributed by atoms with E-state index in [1.165, 1.54) is 18.2 Å². The minimum absolute atomic E-state index is 0.0427. The summed E-state index contributed by atoms with van der Waals surface area (Å²) in [6.07, 6.45) is -1.16. The molecule has 2 aromatic rings. The minimum Gasteiger partial charge on any atom is -0.494 e. The summed E-state index contributed by atoms with van der Waals surface area (Å²) in [6, 6.07) is 10.6. The standard InChI is InChI=1S/C19H18N2O7/c1-2-27-13-6-8-14(9-7-13)28-11-12(22)10-20-18(23)15-4-3-5-16(21(25)26)17(15)19(20)24/h3-9,12,22H,2,10-11H2,1H3/t12-/m1/s1. The van der Waals surface area contributed by atoms with Crippen LogP contribution in [-0.4, -0.2) is 52.6 Å². The van der Waals surface area contributed by atoms with E-state index in [1.807, 2.05) is 6.92 Å². The average molecular weight is 386 g/mol.